The molecule has 1 saturated carbocycles. The van der Waals surface area contributed by atoms with Crippen molar-refractivity contribution in [1.82, 2.24) is 9.97 Å². The summed E-state index contributed by atoms with van der Waals surface area (Å²) in [6.45, 7) is 0. The Morgan fingerprint density at radius 2 is 1.87 bits per heavy atom. The van der Waals surface area contributed by atoms with Crippen LogP contribution in [0.3, 0.4) is 0 Å². The minimum atomic E-state index is -3.89. The van der Waals surface area contributed by atoms with E-state index in [1.807, 2.05) is 6.07 Å². The molecule has 7 heteroatoms. The highest BCUT2D eigenvalue weighted by Gasteiger charge is 2.26. The summed E-state index contributed by atoms with van der Waals surface area (Å²) in [4.78, 5) is 26.6. The molecular formula is C16H21N2O4P. The van der Waals surface area contributed by atoms with Gasteiger partial charge in [0.25, 0.3) is 0 Å². The van der Waals surface area contributed by atoms with Gasteiger partial charge in [-0.05, 0) is 44.1 Å². The Balaban J connectivity index is 1.71. The molecule has 3 rings (SSSR count). The molecule has 1 aliphatic rings. The molecule has 0 amide bonds. The van der Waals surface area contributed by atoms with Gasteiger partial charge in [0.2, 0.25) is 0 Å². The molecule has 3 N–H and O–H groups in total. The summed E-state index contributed by atoms with van der Waals surface area (Å²) in [6.07, 6.45) is 5.87. The molecule has 0 bridgehead atoms. The van der Waals surface area contributed by atoms with Crippen LogP contribution in [-0.4, -0.2) is 31.0 Å². The molecule has 23 heavy (non-hydrogen) atoms. The van der Waals surface area contributed by atoms with Gasteiger partial charge in [0.1, 0.15) is 17.6 Å². The molecule has 1 heterocycles. The van der Waals surface area contributed by atoms with Gasteiger partial charge in [0.05, 0.1) is 11.9 Å². The molecule has 0 spiro atoms. The van der Waals surface area contributed by atoms with Crippen molar-refractivity contribution in [1.29, 1.82) is 0 Å². The summed E-state index contributed by atoms with van der Waals surface area (Å²) in [5.74, 6) is 0.857. The minimum absolute atomic E-state index is 0.0212. The third-order valence-corrected chi connectivity index (χ3v) is 5.58. The highest BCUT2D eigenvalue weighted by molar-refractivity contribution is 7.51. The van der Waals surface area contributed by atoms with E-state index < -0.39 is 7.60 Å². The Hall–Kier alpha value is -1.49. The highest BCUT2D eigenvalue weighted by atomic mass is 31.2. The molecule has 1 aliphatic carbocycles. The number of fused-ring (bicyclic) bond motifs is 1. The summed E-state index contributed by atoms with van der Waals surface area (Å²) in [5, 5.41) is 10.8. The molecular weight excluding hydrogens is 315 g/mol. The summed E-state index contributed by atoms with van der Waals surface area (Å²) in [6, 6.07) is 5.36. The van der Waals surface area contributed by atoms with E-state index in [2.05, 4.69) is 9.97 Å². The maximum atomic E-state index is 11.0. The van der Waals surface area contributed by atoms with Crippen LogP contribution in [0.4, 0.5) is 0 Å². The van der Waals surface area contributed by atoms with Gasteiger partial charge in [-0.3, -0.25) is 4.57 Å². The first-order valence-corrected chi connectivity index (χ1v) is 9.71. The Labute approximate surface area is 134 Å². The fraction of sp³-hybridized carbons (Fsp3) is 0.500. The van der Waals surface area contributed by atoms with Crippen molar-refractivity contribution in [2.24, 2.45) is 5.92 Å². The number of phenols is 1. The predicted molar refractivity (Wildman–Crippen MR) is 87.4 cm³/mol. The van der Waals surface area contributed by atoms with Gasteiger partial charge in [-0.15, -0.1) is 0 Å². The zero-order valence-electron chi connectivity index (χ0n) is 12.8. The lowest BCUT2D eigenvalue weighted by molar-refractivity contribution is 0.307. The average Bonchev–Trinajstić information content (AvgIpc) is 2.53. The van der Waals surface area contributed by atoms with Crippen LogP contribution in [-0.2, 0) is 4.57 Å². The number of para-hydroxylation sites is 1. The molecule has 6 nitrogen and oxygen atoms in total. The summed E-state index contributed by atoms with van der Waals surface area (Å²) < 4.78 is 11.0. The molecule has 1 aromatic carbocycles. The SMILES string of the molecule is O=P(O)(O)CCC1CCC(c2ncnc3c(O)cccc23)CC1. The smallest absolute Gasteiger partial charge is 0.325 e. The van der Waals surface area contributed by atoms with E-state index in [-0.39, 0.29) is 11.9 Å². The molecule has 1 aromatic heterocycles. The third kappa shape index (κ3) is 3.89. The van der Waals surface area contributed by atoms with E-state index in [9.17, 15) is 9.67 Å². The zero-order valence-corrected chi connectivity index (χ0v) is 13.7. The van der Waals surface area contributed by atoms with Crippen molar-refractivity contribution >= 4 is 18.5 Å². The lowest BCUT2D eigenvalue weighted by Gasteiger charge is -2.28. The van der Waals surface area contributed by atoms with Crippen LogP contribution in [0.25, 0.3) is 10.9 Å². The van der Waals surface area contributed by atoms with Gasteiger partial charge >= 0.3 is 7.60 Å². The lowest BCUT2D eigenvalue weighted by Crippen LogP contribution is -2.15. The summed E-state index contributed by atoms with van der Waals surface area (Å²) in [7, 11) is -3.89. The van der Waals surface area contributed by atoms with Crippen LogP contribution in [0.1, 0.15) is 43.7 Å². The molecule has 0 radical (unpaired) electrons. The second kappa shape index (κ2) is 6.56. The van der Waals surface area contributed by atoms with E-state index in [0.29, 0.717) is 23.8 Å². The van der Waals surface area contributed by atoms with Crippen LogP contribution in [0.15, 0.2) is 24.5 Å². The number of phenolic OH excluding ortho intramolecular Hbond substituents is 1. The van der Waals surface area contributed by atoms with E-state index in [1.54, 1.807) is 12.1 Å². The van der Waals surface area contributed by atoms with E-state index in [0.717, 1.165) is 36.8 Å². The minimum Gasteiger partial charge on any atom is -0.506 e. The monoisotopic (exact) mass is 336 g/mol. The van der Waals surface area contributed by atoms with Gasteiger partial charge in [-0.25, -0.2) is 9.97 Å². The maximum absolute atomic E-state index is 11.0. The maximum Gasteiger partial charge on any atom is 0.325 e. The van der Waals surface area contributed by atoms with Crippen LogP contribution in [0.5, 0.6) is 5.75 Å². The van der Waals surface area contributed by atoms with Gasteiger partial charge in [0, 0.05) is 11.3 Å². The summed E-state index contributed by atoms with van der Waals surface area (Å²) in [5.41, 5.74) is 1.56. The van der Waals surface area contributed by atoms with Crippen LogP contribution in [0.2, 0.25) is 0 Å². The molecule has 1 fully saturated rings. The first-order valence-electron chi connectivity index (χ1n) is 7.91. The van der Waals surface area contributed by atoms with Crippen molar-refractivity contribution in [3.63, 3.8) is 0 Å². The van der Waals surface area contributed by atoms with Crippen molar-refractivity contribution in [2.75, 3.05) is 6.16 Å². The first kappa shape index (κ1) is 16.4. The van der Waals surface area contributed by atoms with Crippen molar-refractivity contribution in [3.05, 3.63) is 30.2 Å². The first-order chi connectivity index (χ1) is 10.9. The second-order valence-electron chi connectivity index (χ2n) is 6.33. The predicted octanol–water partition coefficient (Wildman–Crippen LogP) is 3.18. The standard InChI is InChI=1S/C16H21N2O4P/c19-14-3-1-2-13-15(17-10-18-16(13)14)12-6-4-11(5-7-12)8-9-23(20,21)22/h1-3,10-12,19H,4-9H2,(H2,20,21,22). The zero-order chi connectivity index (χ0) is 16.4. The van der Waals surface area contributed by atoms with E-state index in [4.69, 9.17) is 9.79 Å². The normalized spacial score (nSPS) is 22.3. The fourth-order valence-corrected chi connectivity index (χ4v) is 4.19. The fourth-order valence-electron chi connectivity index (χ4n) is 3.49. The van der Waals surface area contributed by atoms with Gasteiger partial charge in [0.15, 0.2) is 0 Å². The number of hydrogen-bond donors (Lipinski definition) is 3. The molecule has 0 atom stereocenters. The molecule has 0 saturated heterocycles. The highest BCUT2D eigenvalue weighted by Crippen LogP contribution is 2.42. The summed E-state index contributed by atoms with van der Waals surface area (Å²) >= 11 is 0. The number of nitrogens with zero attached hydrogens (tertiary/aromatic N) is 2. The van der Waals surface area contributed by atoms with Gasteiger partial charge < -0.3 is 14.9 Å². The Bertz CT molecular complexity index is 738. The number of aromatic hydroxyl groups is 1. The molecule has 0 unspecified atom stereocenters. The number of aromatic nitrogens is 2. The topological polar surface area (TPSA) is 104 Å². The number of hydrogen-bond acceptors (Lipinski definition) is 4. The second-order valence-corrected chi connectivity index (χ2v) is 8.10. The average molecular weight is 336 g/mol. The Morgan fingerprint density at radius 3 is 2.57 bits per heavy atom. The quantitative estimate of drug-likeness (QED) is 0.741. The van der Waals surface area contributed by atoms with Crippen molar-refractivity contribution < 1.29 is 19.5 Å². The van der Waals surface area contributed by atoms with E-state index >= 15 is 0 Å². The number of benzene rings is 1. The third-order valence-electron chi connectivity index (χ3n) is 4.74. The lowest BCUT2D eigenvalue weighted by atomic mass is 9.78. The van der Waals surface area contributed by atoms with Gasteiger partial charge in [-0.1, -0.05) is 12.1 Å². The molecule has 2 aromatic rings. The van der Waals surface area contributed by atoms with Crippen molar-refractivity contribution in [2.45, 2.75) is 38.0 Å². The van der Waals surface area contributed by atoms with Crippen LogP contribution >= 0.6 is 7.60 Å². The van der Waals surface area contributed by atoms with Crippen molar-refractivity contribution in [3.8, 4) is 5.75 Å². The van der Waals surface area contributed by atoms with Crippen LogP contribution in [0, 0.1) is 5.92 Å². The number of rotatable bonds is 4. The Morgan fingerprint density at radius 1 is 1.13 bits per heavy atom. The molecule has 124 valence electrons. The largest absolute Gasteiger partial charge is 0.506 e. The van der Waals surface area contributed by atoms with Crippen LogP contribution < -0.4 is 0 Å². The molecule has 0 aliphatic heterocycles. The van der Waals surface area contributed by atoms with E-state index in [1.165, 1.54) is 6.33 Å². The Kier molecular flexibility index (Phi) is 4.67. The van der Waals surface area contributed by atoms with Gasteiger partial charge in [-0.2, -0.15) is 0 Å².